The van der Waals surface area contributed by atoms with Crippen molar-refractivity contribution in [3.8, 4) is 5.75 Å². The second-order valence-corrected chi connectivity index (χ2v) is 15.2. The molecule has 2 unspecified atom stereocenters. The third-order valence-corrected chi connectivity index (χ3v) is 7.56. The number of rotatable bonds is 0. The minimum Gasteiger partial charge on any atom is -0.435 e. The Kier molecular flexibility index (Phi) is 6.87. The molecule has 1 heterocycles. The third-order valence-electron chi connectivity index (χ3n) is 6.42. The van der Waals surface area contributed by atoms with Crippen molar-refractivity contribution < 1.29 is 9.05 Å². The minimum atomic E-state index is -1.62. The van der Waals surface area contributed by atoms with Gasteiger partial charge in [0.15, 0.2) is 0 Å². The molecule has 182 valence electrons. The zero-order valence-corrected chi connectivity index (χ0v) is 24.3. The van der Waals surface area contributed by atoms with E-state index >= 15 is 0 Å². The van der Waals surface area contributed by atoms with Crippen molar-refractivity contribution in [1.82, 2.24) is 0 Å². The Balaban J connectivity index is 2.36. The van der Waals surface area contributed by atoms with Crippen LogP contribution in [0.2, 0.25) is 0 Å². The summed E-state index contributed by atoms with van der Waals surface area (Å²) < 4.78 is 12.8. The molecule has 0 saturated carbocycles. The average molecular weight is 489 g/mol. The molecule has 33 heavy (non-hydrogen) atoms. The van der Waals surface area contributed by atoms with E-state index in [4.69, 9.17) is 20.3 Å². The van der Waals surface area contributed by atoms with E-state index < -0.39 is 7.73 Å². The molecule has 1 aromatic rings. The Hall–Kier alpha value is -1.08. The smallest absolute Gasteiger partial charge is 0.339 e. The van der Waals surface area contributed by atoms with Crippen molar-refractivity contribution in [2.24, 2.45) is 10.8 Å². The monoisotopic (exact) mass is 488 g/mol. The Morgan fingerprint density at radius 2 is 1.33 bits per heavy atom. The summed E-state index contributed by atoms with van der Waals surface area (Å²) in [6.07, 6.45) is 6.67. The van der Waals surface area contributed by atoms with Gasteiger partial charge >= 0.3 is 7.73 Å². The van der Waals surface area contributed by atoms with Gasteiger partial charge in [0.05, 0.1) is 0 Å². The summed E-state index contributed by atoms with van der Waals surface area (Å²) in [7, 11) is -1.62. The van der Waals surface area contributed by atoms with Crippen molar-refractivity contribution in [2.75, 3.05) is 0 Å². The molecule has 1 aliphatic carbocycles. The van der Waals surface area contributed by atoms with Gasteiger partial charge in [-0.1, -0.05) is 101 Å². The van der Waals surface area contributed by atoms with Gasteiger partial charge in [-0.2, -0.15) is 0 Å². The maximum absolute atomic E-state index is 6.78. The predicted octanol–water partition coefficient (Wildman–Crippen LogP) is 9.87. The van der Waals surface area contributed by atoms with Crippen LogP contribution < -0.4 is 4.52 Å². The molecule has 2 aliphatic rings. The Morgan fingerprint density at radius 3 is 1.82 bits per heavy atom. The van der Waals surface area contributed by atoms with E-state index in [1.165, 1.54) is 22.3 Å². The standard InChI is InChI=1S/C29H42ClO2P/c1-26(2,3)20-14-18-13-19-15-21(27(4,5)6)17-23(29(10,11)12)25(19)32-33(30)31-24(18)22(16-20)28(7,8)9/h13-17,24H,1-12H3/b18-13-. The predicted molar refractivity (Wildman–Crippen MR) is 145 cm³/mol. The molecule has 0 spiro atoms. The molecule has 4 heteroatoms. The van der Waals surface area contributed by atoms with Gasteiger partial charge in [-0.25, -0.2) is 0 Å². The SMILES string of the molecule is CC(C)(C)C1=C/C2=C/c3cc(C(C)(C)C)cc(C(C)(C)C)c3OP(Cl)OC2C(C(C)(C)C)=C1. The van der Waals surface area contributed by atoms with Crippen LogP contribution in [0.1, 0.15) is 99.8 Å². The number of benzene rings is 1. The summed E-state index contributed by atoms with van der Waals surface area (Å²) in [5.74, 6) is 0.847. The first-order valence-electron chi connectivity index (χ1n) is 11.9. The lowest BCUT2D eigenvalue weighted by atomic mass is 9.72. The van der Waals surface area contributed by atoms with Crippen molar-refractivity contribution in [1.29, 1.82) is 0 Å². The topological polar surface area (TPSA) is 18.5 Å². The van der Waals surface area contributed by atoms with Gasteiger partial charge in [0, 0.05) is 11.1 Å². The van der Waals surface area contributed by atoms with Crippen LogP contribution in [0.3, 0.4) is 0 Å². The van der Waals surface area contributed by atoms with Gasteiger partial charge in [-0.05, 0) is 67.3 Å². The molecule has 1 aromatic carbocycles. The number of hydrogen-bond donors (Lipinski definition) is 0. The third kappa shape index (κ3) is 5.77. The van der Waals surface area contributed by atoms with Gasteiger partial charge in [0.25, 0.3) is 0 Å². The quantitative estimate of drug-likeness (QED) is 0.338. The van der Waals surface area contributed by atoms with E-state index in [0.717, 1.165) is 16.9 Å². The van der Waals surface area contributed by atoms with Crippen LogP contribution in [0.4, 0.5) is 0 Å². The molecule has 3 rings (SSSR count). The Morgan fingerprint density at radius 1 is 0.727 bits per heavy atom. The lowest BCUT2D eigenvalue weighted by Gasteiger charge is -2.38. The van der Waals surface area contributed by atoms with E-state index in [1.54, 1.807) is 0 Å². The van der Waals surface area contributed by atoms with E-state index in [-0.39, 0.29) is 27.8 Å². The fourth-order valence-electron chi connectivity index (χ4n) is 4.20. The lowest BCUT2D eigenvalue weighted by Crippen LogP contribution is -2.30. The molecule has 0 N–H and O–H groups in total. The summed E-state index contributed by atoms with van der Waals surface area (Å²) in [6, 6.07) is 4.56. The first-order chi connectivity index (χ1) is 14.8. The van der Waals surface area contributed by atoms with Gasteiger partial charge in [0.1, 0.15) is 11.9 Å². The summed E-state index contributed by atoms with van der Waals surface area (Å²) in [5.41, 5.74) is 7.14. The highest BCUT2D eigenvalue weighted by Crippen LogP contribution is 2.55. The summed E-state index contributed by atoms with van der Waals surface area (Å²) in [4.78, 5) is 0. The molecule has 1 aliphatic heterocycles. The van der Waals surface area contributed by atoms with E-state index in [1.807, 2.05) is 0 Å². The van der Waals surface area contributed by atoms with Crippen molar-refractivity contribution in [3.63, 3.8) is 0 Å². The molecule has 0 aromatic heterocycles. The fourth-order valence-corrected chi connectivity index (χ4v) is 5.44. The lowest BCUT2D eigenvalue weighted by molar-refractivity contribution is 0.249. The van der Waals surface area contributed by atoms with Crippen LogP contribution in [-0.4, -0.2) is 6.10 Å². The highest BCUT2D eigenvalue weighted by Gasteiger charge is 2.38. The number of allylic oxidation sites excluding steroid dienone is 2. The summed E-state index contributed by atoms with van der Waals surface area (Å²) in [5, 5.41) is 0. The van der Waals surface area contributed by atoms with Crippen LogP contribution in [0.15, 0.2) is 41.0 Å². The zero-order valence-electron chi connectivity index (χ0n) is 22.6. The zero-order chi connectivity index (χ0) is 25.1. The number of hydrogen-bond acceptors (Lipinski definition) is 2. The molecular formula is C29H42ClO2P. The number of halogens is 1. The van der Waals surface area contributed by atoms with Crippen LogP contribution in [0.5, 0.6) is 5.75 Å². The minimum absolute atomic E-state index is 0.0208. The molecule has 0 radical (unpaired) electrons. The highest BCUT2D eigenvalue weighted by atomic mass is 35.7. The van der Waals surface area contributed by atoms with Gasteiger partial charge < -0.3 is 4.52 Å². The first kappa shape index (κ1) is 26.5. The molecule has 0 fully saturated rings. The van der Waals surface area contributed by atoms with E-state index in [2.05, 4.69) is 113 Å². The normalized spacial score (nSPS) is 23.7. The highest BCUT2D eigenvalue weighted by molar-refractivity contribution is 7.76. The van der Waals surface area contributed by atoms with Gasteiger partial charge in [0.2, 0.25) is 0 Å². The van der Waals surface area contributed by atoms with Gasteiger partial charge in [-0.15, -0.1) is 0 Å². The Labute approximate surface area is 208 Å². The summed E-state index contributed by atoms with van der Waals surface area (Å²) >= 11 is 6.78. The van der Waals surface area contributed by atoms with Crippen LogP contribution >= 0.6 is 19.0 Å². The van der Waals surface area contributed by atoms with Crippen molar-refractivity contribution in [2.45, 2.75) is 100 Å². The molecule has 0 saturated heterocycles. The second-order valence-electron chi connectivity index (χ2n) is 13.6. The maximum Gasteiger partial charge on any atom is 0.339 e. The van der Waals surface area contributed by atoms with Crippen molar-refractivity contribution in [3.05, 3.63) is 57.7 Å². The van der Waals surface area contributed by atoms with E-state index in [0.29, 0.717) is 0 Å². The maximum atomic E-state index is 6.78. The second kappa shape index (κ2) is 8.54. The van der Waals surface area contributed by atoms with E-state index in [9.17, 15) is 0 Å². The summed E-state index contributed by atoms with van der Waals surface area (Å²) in [6.45, 7) is 27.0. The number of fused-ring (bicyclic) bond motifs is 2. The molecule has 2 atom stereocenters. The van der Waals surface area contributed by atoms with Crippen LogP contribution in [-0.2, 0) is 15.4 Å². The largest absolute Gasteiger partial charge is 0.435 e. The molecule has 0 bridgehead atoms. The molecular weight excluding hydrogens is 447 g/mol. The first-order valence-corrected chi connectivity index (χ1v) is 14.0. The fraction of sp³-hybridized carbons (Fsp3) is 0.586. The van der Waals surface area contributed by atoms with Gasteiger partial charge in [-0.3, -0.25) is 4.52 Å². The van der Waals surface area contributed by atoms with Crippen molar-refractivity contribution >= 4 is 25.0 Å². The molecule has 0 amide bonds. The molecule has 2 nitrogen and oxygen atoms in total. The van der Waals surface area contributed by atoms with Crippen LogP contribution in [0.25, 0.3) is 6.08 Å². The average Bonchev–Trinajstić information content (AvgIpc) is 2.58. The Bertz CT molecular complexity index is 1020. The van der Waals surface area contributed by atoms with Crippen LogP contribution in [0, 0.1) is 10.8 Å².